The van der Waals surface area contributed by atoms with E-state index in [9.17, 15) is 9.90 Å². The van der Waals surface area contributed by atoms with Crippen molar-refractivity contribution in [1.29, 1.82) is 0 Å². The Hall–Kier alpha value is -1.75. The van der Waals surface area contributed by atoms with Gasteiger partial charge in [0.2, 0.25) is 5.91 Å². The maximum absolute atomic E-state index is 11.6. The predicted molar refractivity (Wildman–Crippen MR) is 66.2 cm³/mol. The molecule has 94 valence electrons. The fourth-order valence-electron chi connectivity index (χ4n) is 1.39. The molecule has 1 amide bonds. The number of amides is 1. The van der Waals surface area contributed by atoms with Crippen LogP contribution < -0.4 is 15.8 Å². The fourth-order valence-corrected chi connectivity index (χ4v) is 1.39. The Labute approximate surface area is 101 Å². The van der Waals surface area contributed by atoms with Crippen LogP contribution in [-0.2, 0) is 4.79 Å². The highest BCUT2D eigenvalue weighted by atomic mass is 16.5. The van der Waals surface area contributed by atoms with Gasteiger partial charge in [-0.15, -0.1) is 0 Å². The zero-order valence-corrected chi connectivity index (χ0v) is 10.3. The molecule has 0 spiro atoms. The van der Waals surface area contributed by atoms with Crippen molar-refractivity contribution in [3.8, 4) is 11.5 Å². The number of nitrogens with one attached hydrogen (secondary N) is 1. The summed E-state index contributed by atoms with van der Waals surface area (Å²) in [6, 6.07) is 4.67. The van der Waals surface area contributed by atoms with Crippen LogP contribution in [0, 0.1) is 0 Å². The number of ether oxygens (including phenoxy) is 1. The number of carbonyl (C=O) groups is 1. The molecule has 0 fully saturated rings. The van der Waals surface area contributed by atoms with Crippen molar-refractivity contribution in [3.63, 3.8) is 0 Å². The van der Waals surface area contributed by atoms with Crippen LogP contribution in [0.2, 0.25) is 0 Å². The molecule has 1 aromatic rings. The van der Waals surface area contributed by atoms with Gasteiger partial charge in [0.25, 0.3) is 0 Å². The van der Waals surface area contributed by atoms with Gasteiger partial charge in [-0.1, -0.05) is 0 Å². The number of rotatable bonds is 4. The molecule has 0 unspecified atom stereocenters. The van der Waals surface area contributed by atoms with Gasteiger partial charge in [0.15, 0.2) is 11.5 Å². The predicted octanol–water partition coefficient (Wildman–Crippen LogP) is 1.47. The van der Waals surface area contributed by atoms with E-state index in [2.05, 4.69) is 5.32 Å². The summed E-state index contributed by atoms with van der Waals surface area (Å²) in [7, 11) is 1.46. The first-order valence-electron chi connectivity index (χ1n) is 5.27. The average molecular weight is 238 g/mol. The molecule has 0 aliphatic rings. The van der Waals surface area contributed by atoms with E-state index in [-0.39, 0.29) is 18.1 Å². The van der Waals surface area contributed by atoms with Crippen molar-refractivity contribution in [2.45, 2.75) is 25.8 Å². The van der Waals surface area contributed by atoms with Gasteiger partial charge in [-0.25, -0.2) is 0 Å². The smallest absolute Gasteiger partial charge is 0.226 e. The molecule has 0 saturated heterocycles. The van der Waals surface area contributed by atoms with Crippen molar-refractivity contribution >= 4 is 11.6 Å². The van der Waals surface area contributed by atoms with Gasteiger partial charge in [0.05, 0.1) is 7.11 Å². The van der Waals surface area contributed by atoms with Crippen LogP contribution in [0.4, 0.5) is 5.69 Å². The summed E-state index contributed by atoms with van der Waals surface area (Å²) in [5.74, 6) is 0.154. The van der Waals surface area contributed by atoms with Crippen molar-refractivity contribution in [1.82, 2.24) is 0 Å². The first kappa shape index (κ1) is 13.3. The number of phenols is 1. The summed E-state index contributed by atoms with van der Waals surface area (Å²) in [6.07, 6.45) is 0.208. The van der Waals surface area contributed by atoms with E-state index in [1.54, 1.807) is 26.0 Å². The minimum Gasteiger partial charge on any atom is -0.504 e. The Morgan fingerprint density at radius 2 is 2.18 bits per heavy atom. The normalized spacial score (nSPS) is 11.1. The lowest BCUT2D eigenvalue weighted by atomic mass is 10.0. The third-order valence-corrected chi connectivity index (χ3v) is 2.08. The summed E-state index contributed by atoms with van der Waals surface area (Å²) < 4.78 is 4.90. The second-order valence-corrected chi connectivity index (χ2v) is 4.60. The number of nitrogens with two attached hydrogens (primary N) is 1. The zero-order chi connectivity index (χ0) is 13.1. The summed E-state index contributed by atoms with van der Waals surface area (Å²) >= 11 is 0. The van der Waals surface area contributed by atoms with Crippen LogP contribution >= 0.6 is 0 Å². The Bertz CT molecular complexity index is 411. The van der Waals surface area contributed by atoms with E-state index in [1.807, 2.05) is 0 Å². The third kappa shape index (κ3) is 4.32. The van der Waals surface area contributed by atoms with Crippen molar-refractivity contribution in [2.75, 3.05) is 12.4 Å². The highest BCUT2D eigenvalue weighted by molar-refractivity contribution is 5.91. The molecule has 0 bridgehead atoms. The van der Waals surface area contributed by atoms with Crippen LogP contribution in [0.3, 0.4) is 0 Å². The standard InChI is InChI=1S/C12H18N2O3/c1-12(2,13)7-11(16)14-8-4-5-10(17-3)9(15)6-8/h4-6,15H,7,13H2,1-3H3,(H,14,16). The number of carbonyl (C=O) groups excluding carboxylic acids is 1. The highest BCUT2D eigenvalue weighted by Gasteiger charge is 2.16. The van der Waals surface area contributed by atoms with Gasteiger partial charge in [0, 0.05) is 23.7 Å². The number of hydrogen-bond donors (Lipinski definition) is 3. The summed E-state index contributed by atoms with van der Waals surface area (Å²) in [4.78, 5) is 11.6. The number of hydrogen-bond acceptors (Lipinski definition) is 4. The first-order chi connectivity index (χ1) is 7.81. The summed E-state index contributed by atoms with van der Waals surface area (Å²) in [5, 5.41) is 12.2. The molecule has 5 nitrogen and oxygen atoms in total. The molecule has 0 aliphatic carbocycles. The molecular weight excluding hydrogens is 220 g/mol. The van der Waals surface area contributed by atoms with E-state index in [4.69, 9.17) is 10.5 Å². The van der Waals surface area contributed by atoms with Crippen molar-refractivity contribution in [2.24, 2.45) is 5.73 Å². The lowest BCUT2D eigenvalue weighted by Gasteiger charge is -2.17. The van der Waals surface area contributed by atoms with Crippen molar-refractivity contribution < 1.29 is 14.6 Å². The topological polar surface area (TPSA) is 84.6 Å². The molecular formula is C12H18N2O3. The summed E-state index contributed by atoms with van der Waals surface area (Å²) in [6.45, 7) is 3.55. The number of methoxy groups -OCH3 is 1. The third-order valence-electron chi connectivity index (χ3n) is 2.08. The molecule has 0 saturated carbocycles. The van der Waals surface area contributed by atoms with Gasteiger partial charge >= 0.3 is 0 Å². The lowest BCUT2D eigenvalue weighted by molar-refractivity contribution is -0.117. The quantitative estimate of drug-likeness (QED) is 0.741. The Morgan fingerprint density at radius 1 is 1.53 bits per heavy atom. The van der Waals surface area contributed by atoms with Crippen LogP contribution in [-0.4, -0.2) is 23.7 Å². The van der Waals surface area contributed by atoms with E-state index in [0.29, 0.717) is 11.4 Å². The van der Waals surface area contributed by atoms with E-state index < -0.39 is 5.54 Å². The summed E-state index contributed by atoms with van der Waals surface area (Å²) in [5.41, 5.74) is 5.69. The molecule has 0 radical (unpaired) electrons. The van der Waals surface area contributed by atoms with Crippen LogP contribution in [0.25, 0.3) is 0 Å². The minimum atomic E-state index is -0.557. The minimum absolute atomic E-state index is 0.0164. The van der Waals surface area contributed by atoms with Gasteiger partial charge in [-0.3, -0.25) is 4.79 Å². The Kier molecular flexibility index (Phi) is 3.96. The molecule has 1 rings (SSSR count). The second kappa shape index (κ2) is 5.05. The van der Waals surface area contributed by atoms with Gasteiger partial charge in [-0.2, -0.15) is 0 Å². The van der Waals surface area contributed by atoms with Gasteiger partial charge < -0.3 is 20.9 Å². The van der Waals surface area contributed by atoms with Gasteiger partial charge in [-0.05, 0) is 26.0 Å². The van der Waals surface area contributed by atoms with Crippen molar-refractivity contribution in [3.05, 3.63) is 18.2 Å². The number of aromatic hydroxyl groups is 1. The molecule has 17 heavy (non-hydrogen) atoms. The largest absolute Gasteiger partial charge is 0.504 e. The zero-order valence-electron chi connectivity index (χ0n) is 10.3. The lowest BCUT2D eigenvalue weighted by Crippen LogP contribution is -2.36. The van der Waals surface area contributed by atoms with E-state index in [0.717, 1.165) is 0 Å². The molecule has 0 aromatic heterocycles. The maximum atomic E-state index is 11.6. The molecule has 5 heteroatoms. The molecule has 4 N–H and O–H groups in total. The molecule has 0 aliphatic heterocycles. The maximum Gasteiger partial charge on any atom is 0.226 e. The molecule has 0 atom stereocenters. The Morgan fingerprint density at radius 3 is 2.65 bits per heavy atom. The number of anilines is 1. The Balaban J connectivity index is 2.69. The first-order valence-corrected chi connectivity index (χ1v) is 5.27. The van der Waals surface area contributed by atoms with Crippen LogP contribution in [0.5, 0.6) is 11.5 Å². The van der Waals surface area contributed by atoms with E-state index >= 15 is 0 Å². The SMILES string of the molecule is COc1ccc(NC(=O)CC(C)(C)N)cc1O. The van der Waals surface area contributed by atoms with Crippen LogP contribution in [0.1, 0.15) is 20.3 Å². The highest BCUT2D eigenvalue weighted by Crippen LogP contribution is 2.28. The monoisotopic (exact) mass is 238 g/mol. The number of phenolic OH excluding ortho intramolecular Hbond substituents is 1. The molecule has 1 aromatic carbocycles. The van der Waals surface area contributed by atoms with Gasteiger partial charge in [0.1, 0.15) is 0 Å². The fraction of sp³-hybridized carbons (Fsp3) is 0.417. The number of benzene rings is 1. The van der Waals surface area contributed by atoms with Crippen LogP contribution in [0.15, 0.2) is 18.2 Å². The average Bonchev–Trinajstić information content (AvgIpc) is 2.14. The molecule has 0 heterocycles. The van der Waals surface area contributed by atoms with E-state index in [1.165, 1.54) is 13.2 Å². The second-order valence-electron chi connectivity index (χ2n) is 4.60.